The fourth-order valence-corrected chi connectivity index (χ4v) is 7.23. The van der Waals surface area contributed by atoms with Crippen molar-refractivity contribution in [2.24, 2.45) is 0 Å². The van der Waals surface area contributed by atoms with Crippen LogP contribution in [0.2, 0.25) is 20.1 Å². The summed E-state index contributed by atoms with van der Waals surface area (Å²) in [6.45, 7) is 0. The molecule has 0 aliphatic carbocycles. The molecule has 2 aliphatic heterocycles. The Morgan fingerprint density at radius 1 is 0.771 bits per heavy atom. The Kier molecular flexibility index (Phi) is 9.68. The van der Waals surface area contributed by atoms with Gasteiger partial charge in [0.05, 0.1) is 35.7 Å². The Balaban J connectivity index is 0.00000171. The summed E-state index contributed by atoms with van der Waals surface area (Å²) < 4.78 is 13.1. The third kappa shape index (κ3) is 4.22. The molecule has 0 saturated carbocycles. The number of rotatable bonds is 0. The molecule has 0 fully saturated rings. The summed E-state index contributed by atoms with van der Waals surface area (Å²) in [7, 11) is 0. The van der Waals surface area contributed by atoms with E-state index >= 15 is 0 Å². The van der Waals surface area contributed by atoms with Gasteiger partial charge in [-0.15, -0.1) is 0 Å². The van der Waals surface area contributed by atoms with Crippen molar-refractivity contribution in [3.63, 3.8) is 0 Å². The summed E-state index contributed by atoms with van der Waals surface area (Å²) in [4.78, 5) is 13.2. The van der Waals surface area contributed by atoms with Gasteiger partial charge in [-0.25, -0.2) is 4.79 Å². The number of phenols is 2. The smallest absolute Gasteiger partial charge is 1.00 e. The van der Waals surface area contributed by atoms with Gasteiger partial charge < -0.3 is 22.5 Å². The molecule has 1 spiro atoms. The zero-order valence-electron chi connectivity index (χ0n) is 19.3. The van der Waals surface area contributed by atoms with Crippen LogP contribution in [0, 0.1) is 0 Å². The summed E-state index contributed by atoms with van der Waals surface area (Å²) in [6.07, 6.45) is 0. The first-order valence-corrected chi connectivity index (χ1v) is 13.3. The van der Waals surface area contributed by atoms with Gasteiger partial charge >= 0.3 is 65.1 Å². The first kappa shape index (κ1) is 31.1. The Morgan fingerprint density at radius 3 is 2.00 bits per heavy atom. The van der Waals surface area contributed by atoms with Crippen LogP contribution in [-0.2, 0) is 10.3 Å². The molecule has 3 aromatic rings. The zero-order valence-corrected chi connectivity index (χ0v) is 30.7. The van der Waals surface area contributed by atoms with E-state index < -0.39 is 11.6 Å². The summed E-state index contributed by atoms with van der Waals surface area (Å²) in [6, 6.07) is 2.92. The van der Waals surface area contributed by atoms with Crippen LogP contribution in [0.15, 0.2) is 30.0 Å². The molecule has 1 atom stereocenters. The quantitative estimate of drug-likeness (QED) is 0.157. The van der Waals surface area contributed by atoms with Crippen molar-refractivity contribution >= 4 is 116 Å². The summed E-state index contributed by atoms with van der Waals surface area (Å²) >= 11 is 39.2. The minimum Gasteiger partial charge on any atom is -1.00 e. The number of fused-ring (bicyclic) bond motifs is 6. The average molecular weight is 834 g/mol. The van der Waals surface area contributed by atoms with Crippen LogP contribution in [0.4, 0.5) is 0 Å². The number of halogens is 8. The Bertz CT molecular complexity index is 1480. The molecule has 5 nitrogen and oxygen atoms in total. The Morgan fingerprint density at radius 2 is 1.37 bits per heavy atom. The molecule has 2 heterocycles. The number of ether oxygens (including phenoxy) is 2. The second kappa shape index (κ2) is 10.9. The standard InChI is InChI=1S/C20H4Br4Cl4O5.2Na.2H/c21-8-4(29)2-1-3-17(8)32-18-7(9(22)10(23)16(30)11(18)24)20(3)6-5(19(31)33-20)12(25)14(27)15(28)13(6)26;;;;/h1-2,29-30H;;;;/q;2*+1;2*-1. The number of phenolic OH excluding ortho intramolecular Hbond substituents is 2. The molecular weight excluding hydrogens is 828 g/mol. The number of benzene rings is 3. The van der Waals surface area contributed by atoms with Crippen LogP contribution in [-0.4, -0.2) is 16.2 Å². The number of hydrogen-bond donors (Lipinski definition) is 2. The van der Waals surface area contributed by atoms with Crippen LogP contribution in [0.25, 0.3) is 0 Å². The van der Waals surface area contributed by atoms with Gasteiger partial charge in [-0.1, -0.05) is 46.4 Å². The third-order valence-corrected chi connectivity index (χ3v) is 10.7. The van der Waals surface area contributed by atoms with Crippen molar-refractivity contribution in [3.05, 3.63) is 72.4 Å². The molecule has 0 bridgehead atoms. The molecule has 2 aliphatic rings. The SMILES string of the molecule is O=C1OC2(c3ccc(O)c(Br)c3Oc3c(Br)c(O)c(Br)c(Br)c32)c2c(Cl)c(Cl)c(Cl)c(Cl)c21.[H-].[H-].[Na+].[Na+]. The minimum atomic E-state index is -1.74. The van der Waals surface area contributed by atoms with E-state index in [2.05, 4.69) is 63.7 Å². The average Bonchev–Trinajstić information content (AvgIpc) is 3.08. The minimum absolute atomic E-state index is 0. The molecule has 0 saturated heterocycles. The first-order chi connectivity index (χ1) is 15.4. The van der Waals surface area contributed by atoms with Gasteiger partial charge in [0.25, 0.3) is 0 Å². The fourth-order valence-electron chi connectivity index (χ4n) is 3.96. The van der Waals surface area contributed by atoms with Gasteiger partial charge in [-0.2, -0.15) is 0 Å². The Labute approximate surface area is 299 Å². The molecule has 174 valence electrons. The van der Waals surface area contributed by atoms with Crippen LogP contribution in [0.1, 0.15) is 29.9 Å². The first-order valence-electron chi connectivity index (χ1n) is 8.64. The van der Waals surface area contributed by atoms with Gasteiger partial charge in [-0.05, 0) is 75.9 Å². The van der Waals surface area contributed by atoms with E-state index in [1.54, 1.807) is 0 Å². The fraction of sp³-hybridized carbons (Fsp3) is 0.0500. The van der Waals surface area contributed by atoms with Gasteiger partial charge in [0.2, 0.25) is 0 Å². The van der Waals surface area contributed by atoms with Crippen LogP contribution in [0.5, 0.6) is 23.0 Å². The van der Waals surface area contributed by atoms with Gasteiger partial charge in [0.1, 0.15) is 20.4 Å². The summed E-state index contributed by atoms with van der Waals surface area (Å²) in [5.41, 5.74) is -1.06. The molecule has 2 N–H and O–H groups in total. The molecule has 0 radical (unpaired) electrons. The van der Waals surface area contributed by atoms with E-state index in [0.717, 1.165) is 0 Å². The molecule has 35 heavy (non-hydrogen) atoms. The maximum Gasteiger partial charge on any atom is 1.00 e. The van der Waals surface area contributed by atoms with E-state index in [4.69, 9.17) is 55.9 Å². The maximum atomic E-state index is 13.2. The molecule has 1 unspecified atom stereocenters. The van der Waals surface area contributed by atoms with Crippen LogP contribution >= 0.6 is 110 Å². The third-order valence-electron chi connectivity index (χ3n) is 5.34. The second-order valence-corrected chi connectivity index (χ2v) is 11.6. The van der Waals surface area contributed by atoms with Gasteiger partial charge in [0, 0.05) is 15.6 Å². The summed E-state index contributed by atoms with van der Waals surface area (Å²) in [5.74, 6) is -0.897. The van der Waals surface area contributed by atoms with Crippen molar-refractivity contribution in [1.29, 1.82) is 0 Å². The van der Waals surface area contributed by atoms with Gasteiger partial charge in [-0.3, -0.25) is 0 Å². The topological polar surface area (TPSA) is 76.0 Å². The number of esters is 1. The largest absolute Gasteiger partial charge is 1.00 e. The number of aromatic hydroxyl groups is 2. The predicted octanol–water partition coefficient (Wildman–Crippen LogP) is 3.56. The van der Waals surface area contributed by atoms with E-state index in [0.29, 0.717) is 10.0 Å². The van der Waals surface area contributed by atoms with Crippen LogP contribution in [0.3, 0.4) is 0 Å². The normalized spacial score (nSPS) is 17.0. The second-order valence-electron chi connectivity index (χ2n) is 6.95. The molecule has 3 aromatic carbocycles. The molecule has 15 heteroatoms. The Hall–Kier alpha value is 1.61. The predicted molar refractivity (Wildman–Crippen MR) is 141 cm³/mol. The van der Waals surface area contributed by atoms with E-state index in [1.165, 1.54) is 12.1 Å². The molecular formula is C20H6Br4Cl4Na2O5. The van der Waals surface area contributed by atoms with Gasteiger partial charge in [0.15, 0.2) is 17.1 Å². The van der Waals surface area contributed by atoms with E-state index in [1.807, 2.05) is 0 Å². The zero-order chi connectivity index (χ0) is 24.1. The monoisotopic (exact) mass is 828 g/mol. The molecule has 5 rings (SSSR count). The van der Waals surface area contributed by atoms with Crippen molar-refractivity contribution in [1.82, 2.24) is 0 Å². The summed E-state index contributed by atoms with van der Waals surface area (Å²) in [5, 5.41) is 20.6. The molecule has 0 amide bonds. The van der Waals surface area contributed by atoms with E-state index in [9.17, 15) is 15.0 Å². The number of carbonyl (C=O) groups is 1. The van der Waals surface area contributed by atoms with Crippen LogP contribution < -0.4 is 63.9 Å². The van der Waals surface area contributed by atoms with Crippen molar-refractivity contribution in [2.75, 3.05) is 0 Å². The van der Waals surface area contributed by atoms with Crippen molar-refractivity contribution in [3.8, 4) is 23.0 Å². The number of hydrogen-bond acceptors (Lipinski definition) is 5. The maximum absolute atomic E-state index is 13.2. The van der Waals surface area contributed by atoms with Crippen molar-refractivity contribution < 1.29 is 86.4 Å². The van der Waals surface area contributed by atoms with E-state index in [-0.39, 0.29) is 135 Å². The van der Waals surface area contributed by atoms with Crippen molar-refractivity contribution in [2.45, 2.75) is 5.60 Å². The molecule has 0 aromatic heterocycles. The number of carbonyl (C=O) groups excluding carboxylic acids is 1.